The predicted molar refractivity (Wildman–Crippen MR) is 477 cm³/mol. The van der Waals surface area contributed by atoms with Crippen molar-refractivity contribution >= 4 is 50.3 Å². The summed E-state index contributed by atoms with van der Waals surface area (Å²) < 4.78 is 318. The van der Waals surface area contributed by atoms with Gasteiger partial charge in [0.2, 0.25) is 12.2 Å². The van der Waals surface area contributed by atoms with Crippen molar-refractivity contribution in [2.45, 2.75) is 329 Å². The van der Waals surface area contributed by atoms with E-state index in [1.54, 1.807) is 0 Å². The van der Waals surface area contributed by atoms with Crippen LogP contribution in [0, 0.1) is 124 Å². The molecule has 0 amide bonds. The Morgan fingerprint density at radius 1 is 0.379 bits per heavy atom. The molecule has 4 aromatic rings. The van der Waals surface area contributed by atoms with Crippen molar-refractivity contribution in [2.24, 2.45) is 71.0 Å². The molecule has 0 radical (unpaired) electrons. The molecule has 8 aliphatic carbocycles. The molecule has 0 atom stereocenters. The fourth-order valence-corrected chi connectivity index (χ4v) is 18.6. The van der Waals surface area contributed by atoms with Gasteiger partial charge in [-0.2, -0.15) is 26.3 Å². The standard InChI is InChI=1S/C21H24F6O2.C20H27F3.C19H25F3O.C19H25F3.C2H3BrF2.C2ClF3O.C2H4F2O.10CH4.F4S.2Na.H2O/c22-11-12-1-3-13(4-2-12)14-5-7-15(8-6-14)16-9-17(23)19(18(24)10-16)29-20(28)21(25,26)27;1-13-19(22)10-18(11-20(13)23)17-8-6-16(7-9-17)15-4-2-14(12-21)3-5-15;20-11-12-1-3-13(4-2-12)14-5-7-15(8-6-14)16-9-17(21)19(23)18(22)10-16;20-12-13-1-3-14(4-2-13)15-5-7-16(8-6-15)17-9-18(21)11-19(22)10-17;3-1-2(4)5;3-1(7)2(4,5)6;3-1-5-2-4;;;;;;;;;;;1-5(2,3)4;;;/h9-10,12-15H,1-8,11H2;10-11,14-17H,2-9,12H2,1H3;9-10,12-15,23H,1-8,11H2;9-11,13-16H,1-8,12H2;2H,1H2;;1-2H2;10*1H4;;;;1H2/q;;;;;;;;;;;;;;;;;;2*+1;/p-2. The first kappa shape index (κ1) is 147. The van der Waals surface area contributed by atoms with Crippen LogP contribution in [-0.2, 0) is 14.3 Å². The molecule has 8 saturated carbocycles. The van der Waals surface area contributed by atoms with Gasteiger partial charge < -0.3 is 20.1 Å². The fraction of sp³-hybridized carbons (Fsp3) is 0.726. The number of carbonyl (C=O) groups is 2. The molecule has 4 aromatic carbocycles. The van der Waals surface area contributed by atoms with E-state index in [1.807, 2.05) is 0 Å². The molecule has 768 valence electrons. The van der Waals surface area contributed by atoms with Gasteiger partial charge in [-0.25, -0.2) is 57.5 Å². The third-order valence-electron chi connectivity index (χ3n) is 25.2. The van der Waals surface area contributed by atoms with Crippen molar-refractivity contribution in [2.75, 3.05) is 45.7 Å². The average Bonchev–Trinajstić information content (AvgIpc) is 0.813. The zero-order valence-electron chi connectivity index (χ0n) is 68.6. The van der Waals surface area contributed by atoms with Crippen molar-refractivity contribution in [3.63, 3.8) is 0 Å². The van der Waals surface area contributed by atoms with Gasteiger partial charge >= 0.3 is 94.3 Å². The van der Waals surface area contributed by atoms with Gasteiger partial charge in [-0.3, -0.25) is 22.4 Å². The molecule has 0 heterocycles. The Labute approximate surface area is 831 Å². The quantitative estimate of drug-likeness (QED) is 0.0276. The van der Waals surface area contributed by atoms with Gasteiger partial charge in [-0.15, -0.1) is 0 Å². The Balaban J connectivity index is -0.000000197. The van der Waals surface area contributed by atoms with E-state index >= 15 is 0 Å². The van der Waals surface area contributed by atoms with Gasteiger partial charge in [0.25, 0.3) is 0 Å². The van der Waals surface area contributed by atoms with Crippen molar-refractivity contribution in [3.8, 4) is 11.5 Å². The summed E-state index contributed by atoms with van der Waals surface area (Å²) in [6, 6.07) is 11.3. The summed E-state index contributed by atoms with van der Waals surface area (Å²) in [4.78, 5) is 20.0. The second kappa shape index (κ2) is 74.1. The fourth-order valence-electron chi connectivity index (χ4n) is 18.6. The predicted octanol–water partition coefficient (Wildman–Crippen LogP) is 30.2. The topological polar surface area (TPSA) is 106 Å². The largest absolute Gasteiger partial charge is 1.00 e. The Kier molecular flexibility index (Phi) is 82.4. The third-order valence-corrected chi connectivity index (χ3v) is 25.9. The molecule has 12 rings (SSSR count). The average molecular weight is 2070 g/mol. The molecule has 1 N–H and O–H groups in total. The van der Waals surface area contributed by atoms with Crippen molar-refractivity contribution in [1.82, 2.24) is 0 Å². The van der Waals surface area contributed by atoms with E-state index in [4.69, 9.17) is 4.79 Å². The van der Waals surface area contributed by atoms with E-state index in [9.17, 15) is 122 Å². The molecule has 0 saturated heterocycles. The van der Waals surface area contributed by atoms with E-state index < -0.39 is 113 Å². The number of rotatable bonds is 16. The summed E-state index contributed by atoms with van der Waals surface area (Å²) in [6.07, 6.45) is 20.5. The maximum Gasteiger partial charge on any atom is 1.00 e. The van der Waals surface area contributed by atoms with Crippen molar-refractivity contribution < 1.29 is 201 Å². The molecule has 0 aliphatic heterocycles. The van der Waals surface area contributed by atoms with E-state index in [1.165, 1.54) is 56.2 Å². The number of hydrogen-bond acceptors (Lipinski definition) is 6. The summed E-state index contributed by atoms with van der Waals surface area (Å²) in [5.41, 5.74) is 2.75. The summed E-state index contributed by atoms with van der Waals surface area (Å²) in [6.45, 7) is -1.35. The summed E-state index contributed by atoms with van der Waals surface area (Å²) in [5, 5.41) is 8.64. The number of alkyl halides is 15. The second-order valence-corrected chi connectivity index (χ2v) is 34.3. The maximum atomic E-state index is 14.1. The van der Waals surface area contributed by atoms with Crippen LogP contribution in [0.3, 0.4) is 0 Å². The van der Waals surface area contributed by atoms with E-state index in [0.717, 1.165) is 246 Å². The Morgan fingerprint density at radius 3 is 0.742 bits per heavy atom. The van der Waals surface area contributed by atoms with Gasteiger partial charge in [0.1, 0.15) is 34.9 Å². The van der Waals surface area contributed by atoms with Crippen LogP contribution in [-0.4, -0.2) is 81.2 Å². The van der Waals surface area contributed by atoms with Gasteiger partial charge in [0, 0.05) is 11.6 Å². The molecule has 37 heteroatoms. The SMILES string of the molecule is C.C.C.C.C.C.C.C.C.C.Cc1c(F)cc(C2CCC(C3CCC(CF)CC3)CC2)cc1F.FC(F)CBr.FCC1CCC(C2CCC(c3cc(F)cc(F)c3)CC2)CC1.FCOCF.FS(F)(F)F.O=C(Cl)C(F)(F)F.O=C(Oc1c(F)cc(C2CCC(C3CCC(CF)CC3)CC2)cc1F)C(F)(F)F.[Na+].[Na+].[O-]c1c(F)cc(C2CCC(C3CCC(CF)CC3)CC2)cc1F.[OH-]. The Bertz CT molecular complexity index is 3400. The molecule has 0 aromatic heterocycles. The van der Waals surface area contributed by atoms with Gasteiger partial charge in [-0.05, 0) is 395 Å². The van der Waals surface area contributed by atoms with Gasteiger partial charge in [0.15, 0.2) is 25.4 Å². The van der Waals surface area contributed by atoms with Gasteiger partial charge in [-0.1, -0.05) is 106 Å². The monoisotopic (exact) mass is 2070 g/mol. The van der Waals surface area contributed by atoms with Crippen LogP contribution in [0.4, 0.5) is 112 Å². The second-order valence-electron chi connectivity index (χ2n) is 32.6. The molecule has 0 spiro atoms. The number of benzene rings is 4. The van der Waals surface area contributed by atoms with Crippen LogP contribution in [0.15, 0.2) is 54.6 Å². The summed E-state index contributed by atoms with van der Waals surface area (Å²) in [7, 11) is 0. The molecule has 132 heavy (non-hydrogen) atoms. The minimum atomic E-state index is -6.17. The van der Waals surface area contributed by atoms with E-state index in [2.05, 4.69) is 37.0 Å². The van der Waals surface area contributed by atoms with E-state index in [-0.39, 0.29) is 206 Å². The number of halogens is 28. The van der Waals surface area contributed by atoms with Crippen LogP contribution in [0.2, 0.25) is 0 Å². The number of hydrogen-bond donors (Lipinski definition) is 0. The van der Waals surface area contributed by atoms with Crippen LogP contribution in [0.5, 0.6) is 11.5 Å². The molecule has 6 nitrogen and oxygen atoms in total. The first-order chi connectivity index (χ1) is 56.1. The first-order valence-electron chi connectivity index (χ1n) is 40.6. The third kappa shape index (κ3) is 52.0. The van der Waals surface area contributed by atoms with Crippen molar-refractivity contribution in [3.05, 3.63) is 129 Å². The number of esters is 1. The van der Waals surface area contributed by atoms with Crippen LogP contribution in [0.25, 0.3) is 0 Å². The number of ether oxygens (including phenoxy) is 2. The zero-order chi connectivity index (χ0) is 88.5. The Morgan fingerprint density at radius 2 is 0.568 bits per heavy atom. The minimum Gasteiger partial charge on any atom is -0.870 e. The van der Waals surface area contributed by atoms with Crippen molar-refractivity contribution in [1.29, 1.82) is 0 Å². The molecular formula is C95H148BrClF26Na2O6S. The summed E-state index contributed by atoms with van der Waals surface area (Å²) in [5.74, 6) is -4.44. The minimum absolute atomic E-state index is 0. The zero-order valence-corrected chi connectivity index (χ0v) is 75.7. The van der Waals surface area contributed by atoms with Crippen LogP contribution >= 0.6 is 39.1 Å². The number of carbonyl (C=O) groups excluding carboxylic acids is 2. The summed E-state index contributed by atoms with van der Waals surface area (Å²) >= 11 is 0.387. The first-order valence-corrected chi connectivity index (χ1v) is 43.4. The van der Waals surface area contributed by atoms with Gasteiger partial charge in [0.05, 0.1) is 32.0 Å². The molecule has 0 bridgehead atoms. The molecular weight excluding hydrogens is 1920 g/mol. The Hall–Kier alpha value is -2.96. The molecule has 8 aliphatic rings. The molecule has 8 fully saturated rings. The normalized spacial score (nSPS) is 24.7. The van der Waals surface area contributed by atoms with E-state index in [0.29, 0.717) is 52.6 Å². The maximum absolute atomic E-state index is 14.1. The van der Waals surface area contributed by atoms with Crippen LogP contribution < -0.4 is 69.0 Å². The smallest absolute Gasteiger partial charge is 0.870 e. The molecule has 0 unspecified atom stereocenters. The van der Waals surface area contributed by atoms with Crippen LogP contribution in [0.1, 0.15) is 331 Å².